The standard InChI is InChI=1S/C36H44FN3O9/c1-2-48-32-18-29(23-5-9-26(37)10-6-23)28(22-3-4-22)17-25(32)20-39-13-15-40(16-14-39)36(47)49-27-11-7-24(8-12-27)35(46)38-19-30(42)33(44)34(45)31(43)21-41/h5-12,17-18,22,30-31,33-34,41-45H,2-4,13-16,19-21H2,1H3,(H,38,46)/t30-,31+,33+,34+/m0/s1. The summed E-state index contributed by atoms with van der Waals surface area (Å²) in [6.45, 7) is 4.08. The highest BCUT2D eigenvalue weighted by atomic mass is 19.1. The monoisotopic (exact) mass is 681 g/mol. The van der Waals surface area contributed by atoms with Gasteiger partial charge in [0.15, 0.2) is 0 Å². The van der Waals surface area contributed by atoms with E-state index in [1.165, 1.54) is 42.0 Å². The van der Waals surface area contributed by atoms with E-state index in [9.17, 15) is 34.4 Å². The fourth-order valence-corrected chi connectivity index (χ4v) is 5.82. The molecule has 2 fully saturated rings. The van der Waals surface area contributed by atoms with E-state index in [0.717, 1.165) is 35.3 Å². The third kappa shape index (κ3) is 9.32. The highest BCUT2D eigenvalue weighted by molar-refractivity contribution is 5.94. The van der Waals surface area contributed by atoms with Crippen LogP contribution in [0.4, 0.5) is 9.18 Å². The minimum Gasteiger partial charge on any atom is -0.494 e. The number of piperazine rings is 1. The van der Waals surface area contributed by atoms with Gasteiger partial charge in [-0.25, -0.2) is 9.18 Å². The first-order chi connectivity index (χ1) is 23.6. The second-order valence-corrected chi connectivity index (χ2v) is 12.4. The maximum Gasteiger partial charge on any atom is 0.415 e. The van der Waals surface area contributed by atoms with Crippen molar-refractivity contribution in [1.82, 2.24) is 15.1 Å². The van der Waals surface area contributed by atoms with Crippen molar-refractivity contribution in [2.24, 2.45) is 0 Å². The van der Waals surface area contributed by atoms with Gasteiger partial charge in [0.1, 0.15) is 35.6 Å². The molecule has 2 amide bonds. The fraction of sp³-hybridized carbons (Fsp3) is 0.444. The highest BCUT2D eigenvalue weighted by Crippen LogP contribution is 2.46. The van der Waals surface area contributed by atoms with Crippen LogP contribution in [0.3, 0.4) is 0 Å². The van der Waals surface area contributed by atoms with Crippen LogP contribution in [0.5, 0.6) is 11.5 Å². The maximum atomic E-state index is 13.6. The molecular formula is C36H44FN3O9. The van der Waals surface area contributed by atoms with Crippen molar-refractivity contribution in [3.63, 3.8) is 0 Å². The molecule has 1 saturated carbocycles. The number of nitrogens with zero attached hydrogens (tertiary/aromatic N) is 2. The van der Waals surface area contributed by atoms with Gasteiger partial charge >= 0.3 is 6.09 Å². The molecule has 0 unspecified atom stereocenters. The molecule has 1 aliphatic heterocycles. The van der Waals surface area contributed by atoms with Gasteiger partial charge in [0, 0.05) is 50.4 Å². The Morgan fingerprint density at radius 3 is 2.18 bits per heavy atom. The minimum atomic E-state index is -1.80. The predicted molar refractivity (Wildman–Crippen MR) is 178 cm³/mol. The highest BCUT2D eigenvalue weighted by Gasteiger charge is 2.31. The van der Waals surface area contributed by atoms with Crippen molar-refractivity contribution in [2.45, 2.75) is 56.6 Å². The number of benzene rings is 3. The van der Waals surface area contributed by atoms with Crippen LogP contribution >= 0.6 is 0 Å². The topological polar surface area (TPSA) is 172 Å². The van der Waals surface area contributed by atoms with E-state index in [-0.39, 0.29) is 17.1 Å². The van der Waals surface area contributed by atoms with E-state index >= 15 is 0 Å². The fourth-order valence-electron chi connectivity index (χ4n) is 5.82. The number of carbonyl (C=O) groups excluding carboxylic acids is 2. The van der Waals surface area contributed by atoms with Crippen LogP contribution in [0, 0.1) is 5.82 Å². The smallest absolute Gasteiger partial charge is 0.415 e. The number of hydrogen-bond donors (Lipinski definition) is 6. The number of aliphatic hydroxyl groups excluding tert-OH is 5. The summed E-state index contributed by atoms with van der Waals surface area (Å²) in [7, 11) is 0. The average molecular weight is 682 g/mol. The Bertz CT molecular complexity index is 1560. The zero-order chi connectivity index (χ0) is 35.1. The van der Waals surface area contributed by atoms with Crippen molar-refractivity contribution >= 4 is 12.0 Å². The lowest BCUT2D eigenvalue weighted by Crippen LogP contribution is -2.49. The van der Waals surface area contributed by atoms with E-state index in [4.69, 9.17) is 14.6 Å². The number of nitrogens with one attached hydrogen (secondary N) is 1. The summed E-state index contributed by atoms with van der Waals surface area (Å²) >= 11 is 0. The molecule has 2 aliphatic rings. The molecule has 1 aliphatic carbocycles. The summed E-state index contributed by atoms with van der Waals surface area (Å²) in [5.41, 5.74) is 4.57. The largest absolute Gasteiger partial charge is 0.494 e. The van der Waals surface area contributed by atoms with E-state index in [0.29, 0.717) is 45.2 Å². The first kappa shape index (κ1) is 36.2. The molecule has 0 spiro atoms. The van der Waals surface area contributed by atoms with Crippen LogP contribution < -0.4 is 14.8 Å². The second kappa shape index (κ2) is 16.5. The number of aliphatic hydroxyl groups is 5. The van der Waals surface area contributed by atoms with E-state index < -0.39 is 49.6 Å². The molecule has 264 valence electrons. The normalized spacial score (nSPS) is 17.6. The molecule has 13 heteroatoms. The van der Waals surface area contributed by atoms with E-state index in [1.807, 2.05) is 6.92 Å². The summed E-state index contributed by atoms with van der Waals surface area (Å²) in [6, 6.07) is 16.7. The van der Waals surface area contributed by atoms with Gasteiger partial charge in [-0.1, -0.05) is 12.1 Å². The molecule has 0 radical (unpaired) electrons. The summed E-state index contributed by atoms with van der Waals surface area (Å²) in [5.74, 6) is 0.671. The van der Waals surface area contributed by atoms with Crippen molar-refractivity contribution in [3.8, 4) is 22.6 Å². The summed E-state index contributed by atoms with van der Waals surface area (Å²) in [6.07, 6.45) is -5.09. The Morgan fingerprint density at radius 1 is 0.918 bits per heavy atom. The van der Waals surface area contributed by atoms with E-state index in [2.05, 4.69) is 22.3 Å². The molecule has 1 saturated heterocycles. The van der Waals surface area contributed by atoms with Gasteiger partial charge in [0.05, 0.1) is 19.3 Å². The number of rotatable bonds is 14. The molecule has 5 rings (SSSR count). The molecule has 3 aromatic rings. The van der Waals surface area contributed by atoms with Crippen LogP contribution in [0.15, 0.2) is 60.7 Å². The van der Waals surface area contributed by atoms with Crippen molar-refractivity contribution in [2.75, 3.05) is 45.9 Å². The van der Waals surface area contributed by atoms with Crippen LogP contribution in [-0.4, -0.2) is 118 Å². The quantitative estimate of drug-likeness (QED) is 0.148. The van der Waals surface area contributed by atoms with Crippen LogP contribution in [0.25, 0.3) is 11.1 Å². The summed E-state index contributed by atoms with van der Waals surface area (Å²) < 4.78 is 25.2. The zero-order valence-electron chi connectivity index (χ0n) is 27.4. The van der Waals surface area contributed by atoms with Gasteiger partial charge in [-0.15, -0.1) is 0 Å². The first-order valence-electron chi connectivity index (χ1n) is 16.5. The second-order valence-electron chi connectivity index (χ2n) is 12.4. The van der Waals surface area contributed by atoms with Crippen molar-refractivity contribution in [1.29, 1.82) is 0 Å². The Kier molecular flexibility index (Phi) is 12.2. The van der Waals surface area contributed by atoms with Gasteiger partial charge in [-0.3, -0.25) is 9.69 Å². The zero-order valence-corrected chi connectivity index (χ0v) is 27.4. The van der Waals surface area contributed by atoms with Crippen LogP contribution in [0.2, 0.25) is 0 Å². The minimum absolute atomic E-state index is 0.202. The molecule has 0 bridgehead atoms. The molecule has 1 heterocycles. The third-order valence-electron chi connectivity index (χ3n) is 8.85. The SMILES string of the molecule is CCOc1cc(-c2ccc(F)cc2)c(C2CC2)cc1CN1CCN(C(=O)Oc2ccc(C(=O)NC[C@H](O)[C@@H](O)[C@H](O)[C@H](O)CO)cc2)CC1. The molecule has 12 nitrogen and oxygen atoms in total. The molecule has 4 atom stereocenters. The molecular weight excluding hydrogens is 637 g/mol. The molecule has 3 aromatic carbocycles. The Labute approximate surface area is 284 Å². The van der Waals surface area contributed by atoms with Gasteiger partial charge in [0.25, 0.3) is 5.91 Å². The van der Waals surface area contributed by atoms with Gasteiger partial charge < -0.3 is 45.2 Å². The van der Waals surface area contributed by atoms with Crippen LogP contribution in [-0.2, 0) is 6.54 Å². The lowest BCUT2D eigenvalue weighted by atomic mass is 9.93. The lowest BCUT2D eigenvalue weighted by molar-refractivity contribution is -0.113. The van der Waals surface area contributed by atoms with E-state index in [1.54, 1.807) is 17.0 Å². The molecule has 0 aromatic heterocycles. The van der Waals surface area contributed by atoms with Gasteiger partial charge in [-0.2, -0.15) is 0 Å². The third-order valence-corrected chi connectivity index (χ3v) is 8.85. The Balaban J connectivity index is 1.13. The molecule has 49 heavy (non-hydrogen) atoms. The number of ether oxygens (including phenoxy) is 2. The average Bonchev–Trinajstić information content (AvgIpc) is 3.97. The van der Waals surface area contributed by atoms with Gasteiger partial charge in [-0.05, 0) is 90.9 Å². The lowest BCUT2D eigenvalue weighted by Gasteiger charge is -2.34. The van der Waals surface area contributed by atoms with Crippen molar-refractivity contribution < 1.29 is 49.0 Å². The number of amides is 2. The Hall–Kier alpha value is -4.11. The number of halogens is 1. The Morgan fingerprint density at radius 2 is 1.57 bits per heavy atom. The number of hydrogen-bond acceptors (Lipinski definition) is 10. The predicted octanol–water partition coefficient (Wildman–Crippen LogP) is 2.25. The summed E-state index contributed by atoms with van der Waals surface area (Å²) in [5, 5.41) is 50.3. The maximum absolute atomic E-state index is 13.6. The van der Waals surface area contributed by atoms with Crippen LogP contribution in [0.1, 0.15) is 47.2 Å². The molecule has 6 N–H and O–H groups in total. The van der Waals surface area contributed by atoms with Crippen molar-refractivity contribution in [3.05, 3.63) is 83.2 Å². The number of carbonyl (C=O) groups is 2. The summed E-state index contributed by atoms with van der Waals surface area (Å²) in [4.78, 5) is 29.3. The van der Waals surface area contributed by atoms with Gasteiger partial charge in [0.2, 0.25) is 0 Å². The first-order valence-corrected chi connectivity index (χ1v) is 16.5.